The minimum absolute atomic E-state index is 0.0169. The molecule has 1 fully saturated rings. The van der Waals surface area contributed by atoms with Gasteiger partial charge in [-0.25, -0.2) is 4.68 Å². The summed E-state index contributed by atoms with van der Waals surface area (Å²) in [6.45, 7) is 1.06. The maximum Gasteiger partial charge on any atom is 0.108 e. The van der Waals surface area contributed by atoms with Crippen LogP contribution in [0.25, 0.3) is 0 Å². The lowest BCUT2D eigenvalue weighted by Crippen LogP contribution is -2.24. The second kappa shape index (κ2) is 4.04. The maximum absolute atomic E-state index is 8.84. The molecule has 1 aromatic rings. The van der Waals surface area contributed by atoms with Crippen molar-refractivity contribution < 1.29 is 14.6 Å². The number of hydrogen-bond donors (Lipinski definition) is 1. The number of aliphatic hydroxyl groups is 1. The van der Waals surface area contributed by atoms with E-state index in [4.69, 9.17) is 14.6 Å². The summed E-state index contributed by atoms with van der Waals surface area (Å²) in [5, 5.41) is 16.6. The molecular weight excluding hydrogens is 186 g/mol. The minimum atomic E-state index is -0.0920. The zero-order valence-corrected chi connectivity index (χ0v) is 7.96. The fourth-order valence-corrected chi connectivity index (χ4v) is 1.54. The molecule has 1 saturated heterocycles. The molecule has 1 aromatic heterocycles. The smallest absolute Gasteiger partial charge is 0.108 e. The molecule has 0 bridgehead atoms. The van der Waals surface area contributed by atoms with Gasteiger partial charge in [0, 0.05) is 7.11 Å². The van der Waals surface area contributed by atoms with E-state index in [1.54, 1.807) is 18.0 Å². The third-order valence-electron chi connectivity index (χ3n) is 2.36. The summed E-state index contributed by atoms with van der Waals surface area (Å²) >= 11 is 0. The second-order valence-corrected chi connectivity index (χ2v) is 3.23. The summed E-state index contributed by atoms with van der Waals surface area (Å²) in [6.07, 6.45) is 1.73. The Morgan fingerprint density at radius 1 is 1.71 bits per heavy atom. The lowest BCUT2D eigenvalue weighted by Gasteiger charge is -2.15. The highest BCUT2D eigenvalue weighted by atomic mass is 16.5. The van der Waals surface area contributed by atoms with Gasteiger partial charge in [0.2, 0.25) is 0 Å². The summed E-state index contributed by atoms with van der Waals surface area (Å²) in [4.78, 5) is 0. The fourth-order valence-electron chi connectivity index (χ4n) is 1.54. The Balaban J connectivity index is 2.13. The van der Waals surface area contributed by atoms with E-state index >= 15 is 0 Å². The van der Waals surface area contributed by atoms with Crippen LogP contribution in [-0.4, -0.2) is 46.5 Å². The number of hydrogen-bond acceptors (Lipinski definition) is 5. The topological polar surface area (TPSA) is 69.4 Å². The third kappa shape index (κ3) is 1.63. The Labute approximate surface area is 81.4 Å². The standard InChI is InChI=1S/C8H13N3O3/c1-13-8-5-14-4-7(8)11-2-6(3-12)9-10-11/h2,7-8,12H,3-5H2,1H3/t7-,8-/m1/s1. The highest BCUT2D eigenvalue weighted by molar-refractivity contribution is 4.93. The second-order valence-electron chi connectivity index (χ2n) is 3.23. The number of ether oxygens (including phenoxy) is 2. The monoisotopic (exact) mass is 199 g/mol. The summed E-state index contributed by atoms with van der Waals surface area (Å²) in [5.74, 6) is 0. The van der Waals surface area contributed by atoms with Crippen LogP contribution in [0.3, 0.4) is 0 Å². The first kappa shape index (κ1) is 9.57. The Morgan fingerprint density at radius 3 is 3.21 bits per heavy atom. The molecule has 1 aliphatic rings. The summed E-state index contributed by atoms with van der Waals surface area (Å²) in [7, 11) is 1.65. The Kier molecular flexibility index (Phi) is 2.76. The summed E-state index contributed by atoms with van der Waals surface area (Å²) < 4.78 is 12.2. The van der Waals surface area contributed by atoms with E-state index in [9.17, 15) is 0 Å². The lowest BCUT2D eigenvalue weighted by atomic mass is 10.2. The average Bonchev–Trinajstić information content (AvgIpc) is 2.85. The van der Waals surface area contributed by atoms with Gasteiger partial charge in [-0.3, -0.25) is 0 Å². The van der Waals surface area contributed by atoms with Crippen molar-refractivity contribution in [2.24, 2.45) is 0 Å². The van der Waals surface area contributed by atoms with Crippen LogP contribution < -0.4 is 0 Å². The predicted octanol–water partition coefficient (Wildman–Crippen LogP) is -0.643. The van der Waals surface area contributed by atoms with Crippen molar-refractivity contribution in [3.8, 4) is 0 Å². The Hall–Kier alpha value is -0.980. The average molecular weight is 199 g/mol. The molecule has 2 rings (SSSR count). The van der Waals surface area contributed by atoms with E-state index in [1.807, 2.05) is 0 Å². The SMILES string of the molecule is CO[C@@H]1COC[C@H]1n1cc(CO)nn1. The molecule has 1 aliphatic heterocycles. The third-order valence-corrected chi connectivity index (χ3v) is 2.36. The van der Waals surface area contributed by atoms with Gasteiger partial charge in [0.1, 0.15) is 17.8 Å². The Morgan fingerprint density at radius 2 is 2.57 bits per heavy atom. The molecule has 0 aliphatic carbocycles. The molecule has 6 nitrogen and oxygen atoms in total. The van der Waals surface area contributed by atoms with E-state index in [2.05, 4.69) is 10.3 Å². The van der Waals surface area contributed by atoms with Gasteiger partial charge in [-0.1, -0.05) is 5.21 Å². The molecule has 0 saturated carbocycles. The van der Waals surface area contributed by atoms with Crippen LogP contribution in [0.4, 0.5) is 0 Å². The first-order valence-electron chi connectivity index (χ1n) is 4.47. The fraction of sp³-hybridized carbons (Fsp3) is 0.750. The summed E-state index contributed by atoms with van der Waals surface area (Å²) in [5.41, 5.74) is 0.562. The molecule has 0 radical (unpaired) electrons. The van der Waals surface area contributed by atoms with Gasteiger partial charge >= 0.3 is 0 Å². The van der Waals surface area contributed by atoms with Crippen molar-refractivity contribution in [2.75, 3.05) is 20.3 Å². The first-order chi connectivity index (χ1) is 6.85. The van der Waals surface area contributed by atoms with Crippen molar-refractivity contribution >= 4 is 0 Å². The zero-order valence-electron chi connectivity index (χ0n) is 7.96. The van der Waals surface area contributed by atoms with Gasteiger partial charge in [0.05, 0.1) is 26.0 Å². The van der Waals surface area contributed by atoms with Gasteiger partial charge in [0.25, 0.3) is 0 Å². The van der Waals surface area contributed by atoms with Crippen LogP contribution >= 0.6 is 0 Å². The van der Waals surface area contributed by atoms with Crippen molar-refractivity contribution in [2.45, 2.75) is 18.8 Å². The lowest BCUT2D eigenvalue weighted by molar-refractivity contribution is 0.0661. The molecule has 2 heterocycles. The molecule has 1 N–H and O–H groups in total. The van der Waals surface area contributed by atoms with Gasteiger partial charge in [-0.05, 0) is 0 Å². The predicted molar refractivity (Wildman–Crippen MR) is 46.6 cm³/mol. The summed E-state index contributed by atoms with van der Waals surface area (Å²) in [6, 6.07) is 0.0628. The molecule has 6 heteroatoms. The zero-order chi connectivity index (χ0) is 9.97. The number of rotatable bonds is 3. The van der Waals surface area contributed by atoms with Crippen LogP contribution in [0.5, 0.6) is 0 Å². The van der Waals surface area contributed by atoms with Crippen LogP contribution in [0.2, 0.25) is 0 Å². The molecule has 2 atom stereocenters. The van der Waals surface area contributed by atoms with Crippen molar-refractivity contribution in [3.05, 3.63) is 11.9 Å². The maximum atomic E-state index is 8.84. The van der Waals surface area contributed by atoms with E-state index in [-0.39, 0.29) is 18.8 Å². The van der Waals surface area contributed by atoms with Gasteiger partial charge in [-0.15, -0.1) is 5.10 Å². The number of nitrogens with zero attached hydrogens (tertiary/aromatic N) is 3. The molecule has 0 amide bonds. The Bertz CT molecular complexity index is 302. The van der Waals surface area contributed by atoms with E-state index in [0.29, 0.717) is 18.9 Å². The number of aromatic nitrogens is 3. The van der Waals surface area contributed by atoms with Gasteiger partial charge in [-0.2, -0.15) is 0 Å². The molecule has 0 unspecified atom stereocenters. The highest BCUT2D eigenvalue weighted by Gasteiger charge is 2.30. The van der Waals surface area contributed by atoms with E-state index < -0.39 is 0 Å². The largest absolute Gasteiger partial charge is 0.390 e. The minimum Gasteiger partial charge on any atom is -0.390 e. The molecule has 0 aromatic carbocycles. The van der Waals surface area contributed by atoms with Crippen LogP contribution in [-0.2, 0) is 16.1 Å². The molecule has 0 spiro atoms. The van der Waals surface area contributed by atoms with Crippen LogP contribution in [0.1, 0.15) is 11.7 Å². The van der Waals surface area contributed by atoms with E-state index in [1.165, 1.54) is 0 Å². The van der Waals surface area contributed by atoms with Crippen molar-refractivity contribution in [1.82, 2.24) is 15.0 Å². The highest BCUT2D eigenvalue weighted by Crippen LogP contribution is 2.20. The van der Waals surface area contributed by atoms with Gasteiger partial charge in [0.15, 0.2) is 0 Å². The van der Waals surface area contributed by atoms with Gasteiger partial charge < -0.3 is 14.6 Å². The molecule has 14 heavy (non-hydrogen) atoms. The van der Waals surface area contributed by atoms with Crippen molar-refractivity contribution in [3.63, 3.8) is 0 Å². The van der Waals surface area contributed by atoms with Crippen molar-refractivity contribution in [1.29, 1.82) is 0 Å². The number of aliphatic hydroxyl groups excluding tert-OH is 1. The van der Waals surface area contributed by atoms with Crippen LogP contribution in [0, 0.1) is 0 Å². The normalized spacial score (nSPS) is 27.0. The molecular formula is C8H13N3O3. The van der Waals surface area contributed by atoms with E-state index in [0.717, 1.165) is 0 Å². The number of methoxy groups -OCH3 is 1. The first-order valence-corrected chi connectivity index (χ1v) is 4.47. The molecule has 78 valence electrons. The van der Waals surface area contributed by atoms with Crippen LogP contribution in [0.15, 0.2) is 6.20 Å². The quantitative estimate of drug-likeness (QED) is 0.701.